The third-order valence-corrected chi connectivity index (χ3v) is 7.41. The standard InChI is InChI=1S/C21H24NO6P/c1-4-26-29(24,27-5-2)20-21(28-20)17-13-16(25-3)11-12-18(17)22(19(21)23)14-15-9-7-6-8-10-15/h6-13,20H,4-5,14H2,1-3H3/t20-,21-/m0/s1. The topological polar surface area (TPSA) is 77.6 Å². The lowest BCUT2D eigenvalue weighted by atomic mass is 10.0. The van der Waals surface area contributed by atoms with Gasteiger partial charge in [0.15, 0.2) is 0 Å². The zero-order valence-corrected chi connectivity index (χ0v) is 17.6. The largest absolute Gasteiger partial charge is 0.497 e. The quantitative estimate of drug-likeness (QED) is 0.476. The Morgan fingerprint density at radius 2 is 1.79 bits per heavy atom. The zero-order chi connectivity index (χ0) is 20.6. The van der Waals surface area contributed by atoms with Gasteiger partial charge in [0.2, 0.25) is 11.4 Å². The maximum Gasteiger partial charge on any atom is 0.363 e. The monoisotopic (exact) mass is 417 g/mol. The molecule has 0 saturated carbocycles. The summed E-state index contributed by atoms with van der Waals surface area (Å²) >= 11 is 0. The van der Waals surface area contributed by atoms with Gasteiger partial charge < -0.3 is 23.4 Å². The Bertz CT molecular complexity index is 955. The minimum absolute atomic E-state index is 0.195. The van der Waals surface area contributed by atoms with Crippen molar-refractivity contribution in [3.63, 3.8) is 0 Å². The van der Waals surface area contributed by atoms with Crippen molar-refractivity contribution >= 4 is 19.2 Å². The summed E-state index contributed by atoms with van der Waals surface area (Å²) in [5.74, 6) is -0.655. The Hall–Kier alpha value is -2.18. The van der Waals surface area contributed by atoms with E-state index in [4.69, 9.17) is 18.5 Å². The van der Waals surface area contributed by atoms with E-state index in [0.717, 1.165) is 5.56 Å². The molecule has 2 aliphatic rings. The molecule has 0 aromatic heterocycles. The molecule has 1 amide bonds. The van der Waals surface area contributed by atoms with Crippen LogP contribution >= 0.6 is 7.60 Å². The van der Waals surface area contributed by atoms with Gasteiger partial charge in [0.05, 0.1) is 32.6 Å². The van der Waals surface area contributed by atoms with E-state index < -0.39 is 19.0 Å². The van der Waals surface area contributed by atoms with Crippen molar-refractivity contribution in [1.82, 2.24) is 0 Å². The number of anilines is 1. The van der Waals surface area contributed by atoms with Gasteiger partial charge in [-0.15, -0.1) is 0 Å². The first-order valence-corrected chi connectivity index (χ1v) is 11.2. The fourth-order valence-corrected chi connectivity index (χ4v) is 5.89. The van der Waals surface area contributed by atoms with E-state index >= 15 is 0 Å². The highest BCUT2D eigenvalue weighted by molar-refractivity contribution is 7.55. The average molecular weight is 417 g/mol. The average Bonchev–Trinajstić information content (AvgIpc) is 3.46. The number of fused-ring (bicyclic) bond motifs is 2. The SMILES string of the molecule is CCOP(=O)(OCC)[C@@H]1O[C@@]12C(=O)N(Cc1ccccc1)c1ccc(OC)cc12. The molecule has 0 N–H and O–H groups in total. The number of ether oxygens (including phenoxy) is 2. The molecule has 2 aliphatic heterocycles. The Morgan fingerprint density at radius 3 is 2.41 bits per heavy atom. The normalized spacial score (nSPS) is 22.8. The molecule has 1 saturated heterocycles. The second kappa shape index (κ2) is 7.58. The van der Waals surface area contributed by atoms with Crippen molar-refractivity contribution in [2.45, 2.75) is 31.8 Å². The summed E-state index contributed by atoms with van der Waals surface area (Å²) in [5, 5.41) is 0. The third-order valence-electron chi connectivity index (χ3n) is 5.13. The number of carbonyl (C=O) groups excluding carboxylic acids is 1. The van der Waals surface area contributed by atoms with Crippen LogP contribution in [0.25, 0.3) is 0 Å². The molecule has 4 rings (SSSR count). The first-order chi connectivity index (χ1) is 14.0. The van der Waals surface area contributed by atoms with Gasteiger partial charge >= 0.3 is 7.60 Å². The van der Waals surface area contributed by atoms with Crippen LogP contribution in [0.1, 0.15) is 25.0 Å². The van der Waals surface area contributed by atoms with Gasteiger partial charge in [-0.1, -0.05) is 30.3 Å². The molecule has 1 spiro atoms. The number of rotatable bonds is 8. The molecule has 2 aromatic rings. The minimum Gasteiger partial charge on any atom is -0.497 e. The molecule has 1 fully saturated rings. The van der Waals surface area contributed by atoms with Gasteiger partial charge in [-0.2, -0.15) is 0 Å². The summed E-state index contributed by atoms with van der Waals surface area (Å²) in [6.07, 6.45) is 0. The van der Waals surface area contributed by atoms with E-state index in [0.29, 0.717) is 23.5 Å². The zero-order valence-electron chi connectivity index (χ0n) is 16.7. The van der Waals surface area contributed by atoms with Crippen LogP contribution in [0.15, 0.2) is 48.5 Å². The summed E-state index contributed by atoms with van der Waals surface area (Å²) in [7, 11) is -2.07. The molecule has 2 aromatic carbocycles. The predicted octanol–water partition coefficient (Wildman–Crippen LogP) is 4.06. The molecular formula is C21H24NO6P. The lowest BCUT2D eigenvalue weighted by Gasteiger charge is -2.18. The molecule has 0 aliphatic carbocycles. The lowest BCUT2D eigenvalue weighted by molar-refractivity contribution is -0.123. The van der Waals surface area contributed by atoms with Crippen molar-refractivity contribution in [1.29, 1.82) is 0 Å². The van der Waals surface area contributed by atoms with E-state index in [1.54, 1.807) is 38.0 Å². The summed E-state index contributed by atoms with van der Waals surface area (Å²) in [6.45, 7) is 4.23. The predicted molar refractivity (Wildman–Crippen MR) is 108 cm³/mol. The minimum atomic E-state index is -3.63. The number of benzene rings is 2. The number of nitrogens with zero attached hydrogens (tertiary/aromatic N) is 1. The molecule has 2 atom stereocenters. The summed E-state index contributed by atoms with van der Waals surface area (Å²) in [5.41, 5.74) is 0.942. The Morgan fingerprint density at radius 1 is 1.10 bits per heavy atom. The van der Waals surface area contributed by atoms with Gasteiger partial charge in [-0.05, 0) is 37.6 Å². The van der Waals surface area contributed by atoms with Crippen LogP contribution in [0.5, 0.6) is 5.75 Å². The lowest BCUT2D eigenvalue weighted by Crippen LogP contribution is -2.33. The molecule has 0 radical (unpaired) electrons. The number of epoxide rings is 1. The van der Waals surface area contributed by atoms with Gasteiger partial charge in [0.25, 0.3) is 5.91 Å². The second-order valence-electron chi connectivity index (χ2n) is 6.84. The Balaban J connectivity index is 1.76. The van der Waals surface area contributed by atoms with E-state index in [2.05, 4.69) is 0 Å². The molecule has 7 nitrogen and oxygen atoms in total. The van der Waals surface area contributed by atoms with Crippen molar-refractivity contribution in [3.8, 4) is 5.75 Å². The van der Waals surface area contributed by atoms with Crippen molar-refractivity contribution in [2.75, 3.05) is 25.2 Å². The molecule has 29 heavy (non-hydrogen) atoms. The van der Waals surface area contributed by atoms with Crippen LogP contribution in [0.3, 0.4) is 0 Å². The number of carbonyl (C=O) groups is 1. The molecule has 2 heterocycles. The van der Waals surface area contributed by atoms with Crippen LogP contribution in [0, 0.1) is 0 Å². The highest BCUT2D eigenvalue weighted by Crippen LogP contribution is 2.72. The van der Waals surface area contributed by atoms with Crippen molar-refractivity contribution in [3.05, 3.63) is 59.7 Å². The molecule has 154 valence electrons. The smallest absolute Gasteiger partial charge is 0.363 e. The highest BCUT2D eigenvalue weighted by Gasteiger charge is 2.76. The van der Waals surface area contributed by atoms with Crippen LogP contribution in [0.2, 0.25) is 0 Å². The molecular weight excluding hydrogens is 393 g/mol. The fraction of sp³-hybridized carbons (Fsp3) is 0.381. The molecule has 0 bridgehead atoms. The Kier molecular flexibility index (Phi) is 5.25. The number of amides is 1. The fourth-order valence-electron chi connectivity index (χ4n) is 3.84. The summed E-state index contributed by atoms with van der Waals surface area (Å²) in [4.78, 5) is 15.2. The van der Waals surface area contributed by atoms with Crippen LogP contribution in [-0.4, -0.2) is 32.1 Å². The maximum atomic E-state index is 13.5. The van der Waals surface area contributed by atoms with E-state index in [9.17, 15) is 9.36 Å². The van der Waals surface area contributed by atoms with Crippen LogP contribution in [-0.2, 0) is 35.3 Å². The van der Waals surface area contributed by atoms with Gasteiger partial charge in [0, 0.05) is 5.56 Å². The van der Waals surface area contributed by atoms with Gasteiger partial charge in [-0.25, -0.2) is 0 Å². The molecule has 0 unspecified atom stereocenters. The first kappa shape index (κ1) is 20.1. The molecule has 8 heteroatoms. The van der Waals surface area contributed by atoms with Crippen molar-refractivity contribution < 1.29 is 27.9 Å². The van der Waals surface area contributed by atoms with E-state index in [1.165, 1.54) is 0 Å². The van der Waals surface area contributed by atoms with Crippen LogP contribution in [0.4, 0.5) is 5.69 Å². The summed E-state index contributed by atoms with van der Waals surface area (Å²) in [6, 6.07) is 15.1. The number of methoxy groups -OCH3 is 1. The Labute approximate surface area is 170 Å². The summed E-state index contributed by atoms with van der Waals surface area (Å²) < 4.78 is 35.5. The van der Waals surface area contributed by atoms with Crippen LogP contribution < -0.4 is 9.64 Å². The first-order valence-electron chi connectivity index (χ1n) is 9.61. The van der Waals surface area contributed by atoms with Gasteiger partial charge in [0.1, 0.15) is 5.75 Å². The maximum absolute atomic E-state index is 13.5. The third kappa shape index (κ3) is 3.19. The van der Waals surface area contributed by atoms with E-state index in [1.807, 2.05) is 36.4 Å². The van der Waals surface area contributed by atoms with E-state index in [-0.39, 0.29) is 19.1 Å². The van der Waals surface area contributed by atoms with Gasteiger partial charge in [-0.3, -0.25) is 9.36 Å². The van der Waals surface area contributed by atoms with Crippen molar-refractivity contribution in [2.24, 2.45) is 0 Å². The number of hydrogen-bond acceptors (Lipinski definition) is 6. The second-order valence-corrected chi connectivity index (χ2v) is 8.91. The number of hydrogen-bond donors (Lipinski definition) is 0. The highest BCUT2D eigenvalue weighted by atomic mass is 31.2.